The lowest BCUT2D eigenvalue weighted by molar-refractivity contribution is -0.128. The minimum atomic E-state index is -0.0138. The molecule has 23 heavy (non-hydrogen) atoms. The fraction of sp³-hybridized carbons (Fsp3) is 0.294. The van der Waals surface area contributed by atoms with Gasteiger partial charge >= 0.3 is 0 Å². The zero-order chi connectivity index (χ0) is 16.2. The van der Waals surface area contributed by atoms with E-state index in [0.29, 0.717) is 12.3 Å². The Hall–Kier alpha value is -2.21. The molecule has 0 bridgehead atoms. The van der Waals surface area contributed by atoms with Gasteiger partial charge in [0.1, 0.15) is 16.9 Å². The third-order valence-corrected chi connectivity index (χ3v) is 5.07. The number of rotatable bonds is 5. The molecule has 2 aromatic rings. The van der Waals surface area contributed by atoms with Crippen molar-refractivity contribution in [3.05, 3.63) is 53.9 Å². The number of ether oxygens (including phenoxy) is 2. The van der Waals surface area contributed by atoms with Crippen LogP contribution in [0, 0.1) is 0 Å². The zero-order valence-corrected chi connectivity index (χ0v) is 13.9. The largest absolute Gasteiger partial charge is 0.496 e. The van der Waals surface area contributed by atoms with E-state index in [1.54, 1.807) is 38.4 Å². The number of aromatic nitrogens is 1. The van der Waals surface area contributed by atoms with Crippen LogP contribution in [0.3, 0.4) is 0 Å². The van der Waals surface area contributed by atoms with E-state index in [2.05, 4.69) is 4.98 Å². The highest BCUT2D eigenvalue weighted by Gasteiger charge is 2.34. The Morgan fingerprint density at radius 1 is 1.17 bits per heavy atom. The quantitative estimate of drug-likeness (QED) is 0.844. The molecule has 1 fully saturated rings. The summed E-state index contributed by atoms with van der Waals surface area (Å²) in [4.78, 5) is 18.3. The molecule has 1 aliphatic heterocycles. The maximum Gasteiger partial charge on any atom is 0.234 e. The molecule has 1 aromatic carbocycles. The van der Waals surface area contributed by atoms with Gasteiger partial charge in [0.05, 0.1) is 32.1 Å². The minimum absolute atomic E-state index is 0.0138. The van der Waals surface area contributed by atoms with Gasteiger partial charge in [-0.05, 0) is 29.8 Å². The van der Waals surface area contributed by atoms with E-state index in [4.69, 9.17) is 9.47 Å². The lowest BCUT2D eigenvalue weighted by Crippen LogP contribution is -2.28. The average Bonchev–Trinajstić information content (AvgIpc) is 2.96. The number of benzene rings is 1. The molecular formula is C17H18N2O3S. The molecule has 1 aliphatic rings. The molecule has 0 N–H and O–H groups in total. The van der Waals surface area contributed by atoms with Crippen molar-refractivity contribution in [2.24, 2.45) is 0 Å². The first-order valence-electron chi connectivity index (χ1n) is 7.25. The second-order valence-electron chi connectivity index (χ2n) is 5.11. The van der Waals surface area contributed by atoms with Crippen LogP contribution < -0.4 is 9.47 Å². The van der Waals surface area contributed by atoms with Crippen LogP contribution in [0.2, 0.25) is 0 Å². The van der Waals surface area contributed by atoms with Crippen LogP contribution in [0.1, 0.15) is 16.5 Å². The van der Waals surface area contributed by atoms with Crippen molar-refractivity contribution in [2.75, 3.05) is 20.0 Å². The first-order valence-corrected chi connectivity index (χ1v) is 8.30. The van der Waals surface area contributed by atoms with Crippen molar-refractivity contribution in [1.29, 1.82) is 0 Å². The van der Waals surface area contributed by atoms with Gasteiger partial charge in [0.2, 0.25) is 5.91 Å². The molecule has 2 heterocycles. The summed E-state index contributed by atoms with van der Waals surface area (Å²) in [6.07, 6.45) is 3.50. The molecule has 1 atom stereocenters. The second-order valence-corrected chi connectivity index (χ2v) is 6.18. The summed E-state index contributed by atoms with van der Waals surface area (Å²) in [5.74, 6) is 2.04. The third-order valence-electron chi connectivity index (χ3n) is 3.82. The Kier molecular flexibility index (Phi) is 4.71. The Morgan fingerprint density at radius 3 is 2.43 bits per heavy atom. The summed E-state index contributed by atoms with van der Waals surface area (Å²) < 4.78 is 10.9. The summed E-state index contributed by atoms with van der Waals surface area (Å²) in [5, 5.41) is -0.0138. The second kappa shape index (κ2) is 6.91. The summed E-state index contributed by atoms with van der Waals surface area (Å²) >= 11 is 1.62. The predicted molar refractivity (Wildman–Crippen MR) is 89.5 cm³/mol. The van der Waals surface area contributed by atoms with Crippen LogP contribution in [0.25, 0.3) is 0 Å². The van der Waals surface area contributed by atoms with Crippen molar-refractivity contribution >= 4 is 17.7 Å². The van der Waals surface area contributed by atoms with Gasteiger partial charge in [0.15, 0.2) is 0 Å². The van der Waals surface area contributed by atoms with Crippen LogP contribution >= 0.6 is 11.8 Å². The standard InChI is InChI=1S/C17H18N2O3S/c1-21-14-4-3-5-15(22-2)13(14)10-19-16(20)11-23-17(19)12-6-8-18-9-7-12/h3-9,17H,10-11H2,1-2H3. The zero-order valence-electron chi connectivity index (χ0n) is 13.1. The van der Waals surface area contributed by atoms with Crippen LogP contribution in [0.4, 0.5) is 0 Å². The van der Waals surface area contributed by atoms with Crippen molar-refractivity contribution in [2.45, 2.75) is 11.9 Å². The summed E-state index contributed by atoms with van der Waals surface area (Å²) in [5.41, 5.74) is 1.96. The number of hydrogen-bond acceptors (Lipinski definition) is 5. The number of hydrogen-bond donors (Lipinski definition) is 0. The van der Waals surface area contributed by atoms with E-state index >= 15 is 0 Å². The predicted octanol–water partition coefficient (Wildman–Crippen LogP) is 2.87. The average molecular weight is 330 g/mol. The van der Waals surface area contributed by atoms with Crippen LogP contribution in [-0.4, -0.2) is 35.8 Å². The van der Waals surface area contributed by atoms with E-state index < -0.39 is 0 Å². The summed E-state index contributed by atoms with van der Waals surface area (Å²) in [6, 6.07) is 9.54. The molecule has 0 saturated carbocycles. The normalized spacial score (nSPS) is 17.4. The molecule has 1 amide bonds. The lowest BCUT2D eigenvalue weighted by Gasteiger charge is -2.25. The van der Waals surface area contributed by atoms with Gasteiger partial charge in [-0.3, -0.25) is 9.78 Å². The molecule has 5 nitrogen and oxygen atoms in total. The van der Waals surface area contributed by atoms with E-state index in [0.717, 1.165) is 22.6 Å². The highest BCUT2D eigenvalue weighted by atomic mass is 32.2. The van der Waals surface area contributed by atoms with Gasteiger partial charge in [0.25, 0.3) is 0 Å². The van der Waals surface area contributed by atoms with E-state index in [1.807, 2.05) is 35.2 Å². The van der Waals surface area contributed by atoms with Crippen LogP contribution in [0.5, 0.6) is 11.5 Å². The Bertz CT molecular complexity index is 671. The monoisotopic (exact) mass is 330 g/mol. The van der Waals surface area contributed by atoms with E-state index in [-0.39, 0.29) is 11.3 Å². The van der Waals surface area contributed by atoms with Crippen LogP contribution in [-0.2, 0) is 11.3 Å². The molecular weight excluding hydrogens is 312 g/mol. The number of pyridine rings is 1. The van der Waals surface area contributed by atoms with Gasteiger partial charge in [-0.15, -0.1) is 11.8 Å². The lowest BCUT2D eigenvalue weighted by atomic mass is 10.1. The van der Waals surface area contributed by atoms with Crippen molar-refractivity contribution < 1.29 is 14.3 Å². The highest BCUT2D eigenvalue weighted by molar-refractivity contribution is 8.00. The number of methoxy groups -OCH3 is 2. The SMILES string of the molecule is COc1cccc(OC)c1CN1C(=O)CSC1c1ccncc1. The van der Waals surface area contributed by atoms with Crippen molar-refractivity contribution in [3.63, 3.8) is 0 Å². The summed E-state index contributed by atoms with van der Waals surface area (Å²) in [6.45, 7) is 0.450. The van der Waals surface area contributed by atoms with Gasteiger partial charge < -0.3 is 14.4 Å². The van der Waals surface area contributed by atoms with Gasteiger partial charge in [0, 0.05) is 12.4 Å². The Balaban J connectivity index is 1.93. The Morgan fingerprint density at radius 2 is 1.83 bits per heavy atom. The topological polar surface area (TPSA) is 51.7 Å². The number of nitrogens with zero attached hydrogens (tertiary/aromatic N) is 2. The fourth-order valence-corrected chi connectivity index (χ4v) is 3.87. The third kappa shape index (κ3) is 3.12. The van der Waals surface area contributed by atoms with Crippen LogP contribution in [0.15, 0.2) is 42.7 Å². The maximum absolute atomic E-state index is 12.4. The molecule has 0 spiro atoms. The Labute approximate surface area is 139 Å². The molecule has 6 heteroatoms. The number of thioether (sulfide) groups is 1. The highest BCUT2D eigenvalue weighted by Crippen LogP contribution is 2.41. The summed E-state index contributed by atoms with van der Waals surface area (Å²) in [7, 11) is 3.25. The molecule has 1 unspecified atom stereocenters. The van der Waals surface area contributed by atoms with E-state index in [9.17, 15) is 4.79 Å². The fourth-order valence-electron chi connectivity index (χ4n) is 2.68. The molecule has 0 aliphatic carbocycles. The van der Waals surface area contributed by atoms with E-state index in [1.165, 1.54) is 0 Å². The molecule has 120 valence electrons. The van der Waals surface area contributed by atoms with Gasteiger partial charge in [-0.1, -0.05) is 6.07 Å². The smallest absolute Gasteiger partial charge is 0.234 e. The number of carbonyl (C=O) groups excluding carboxylic acids is 1. The van der Waals surface area contributed by atoms with Crippen molar-refractivity contribution in [3.8, 4) is 11.5 Å². The molecule has 3 rings (SSSR count). The first-order chi connectivity index (χ1) is 11.2. The minimum Gasteiger partial charge on any atom is -0.496 e. The molecule has 1 aromatic heterocycles. The van der Waals surface area contributed by atoms with Crippen molar-refractivity contribution in [1.82, 2.24) is 9.88 Å². The van der Waals surface area contributed by atoms with Gasteiger partial charge in [-0.25, -0.2) is 0 Å². The number of amides is 1. The maximum atomic E-state index is 12.4. The van der Waals surface area contributed by atoms with Gasteiger partial charge in [-0.2, -0.15) is 0 Å². The molecule has 1 saturated heterocycles. The molecule has 0 radical (unpaired) electrons. The first kappa shape index (κ1) is 15.7. The number of carbonyl (C=O) groups is 1.